The van der Waals surface area contributed by atoms with Crippen LogP contribution in [0.1, 0.15) is 32.3 Å². The van der Waals surface area contributed by atoms with Crippen LogP contribution in [0.2, 0.25) is 0 Å². The van der Waals surface area contributed by atoms with E-state index in [9.17, 15) is 0 Å². The molecule has 0 radical (unpaired) electrons. The number of pyridine rings is 1. The molecular weight excluding hydrogens is 308 g/mol. The summed E-state index contributed by atoms with van der Waals surface area (Å²) in [5.74, 6) is 1.18. The number of aromatic nitrogens is 1. The minimum absolute atomic E-state index is 0.468. The second kappa shape index (κ2) is 6.49. The normalized spacial score (nSPS) is 23.1. The average Bonchev–Trinajstić information content (AvgIpc) is 3.27. The van der Waals surface area contributed by atoms with Crippen molar-refractivity contribution in [2.75, 3.05) is 49.1 Å². The van der Waals surface area contributed by atoms with Crippen LogP contribution < -0.4 is 15.1 Å². The first kappa shape index (κ1) is 16.6. The largest absolute Gasteiger partial charge is 0.372 e. The lowest BCUT2D eigenvalue weighted by atomic mass is 9.86. The topological polar surface area (TPSA) is 31.4 Å². The molecule has 0 aliphatic carbocycles. The van der Waals surface area contributed by atoms with Gasteiger partial charge in [-0.1, -0.05) is 12.1 Å². The highest BCUT2D eigenvalue weighted by atomic mass is 15.2. The number of anilines is 2. The number of nitrogens with zero attached hydrogens (tertiary/aromatic N) is 3. The maximum absolute atomic E-state index is 4.88. The van der Waals surface area contributed by atoms with E-state index < -0.39 is 0 Å². The van der Waals surface area contributed by atoms with Crippen molar-refractivity contribution in [2.24, 2.45) is 5.41 Å². The maximum Gasteiger partial charge on any atom is 0.136 e. The smallest absolute Gasteiger partial charge is 0.136 e. The van der Waals surface area contributed by atoms with Crippen LogP contribution in [0.5, 0.6) is 0 Å². The summed E-state index contributed by atoms with van der Waals surface area (Å²) in [7, 11) is 0. The number of aryl methyl sites for hydroxylation is 1. The molecule has 134 valence electrons. The summed E-state index contributed by atoms with van der Waals surface area (Å²) in [5.41, 5.74) is 3.09. The Morgan fingerprint density at radius 2 is 2.08 bits per heavy atom. The Kier molecular flexibility index (Phi) is 4.32. The second-order valence-corrected chi connectivity index (χ2v) is 7.74. The molecule has 1 atom stereocenters. The number of hydrogen-bond donors (Lipinski definition) is 1. The van der Waals surface area contributed by atoms with Gasteiger partial charge in [-0.05, 0) is 51.8 Å². The van der Waals surface area contributed by atoms with Gasteiger partial charge in [0.05, 0.1) is 0 Å². The molecule has 4 nitrogen and oxygen atoms in total. The molecule has 4 rings (SSSR count). The Morgan fingerprint density at radius 3 is 2.80 bits per heavy atom. The molecule has 4 heteroatoms. The van der Waals surface area contributed by atoms with Crippen LogP contribution in [0.3, 0.4) is 0 Å². The van der Waals surface area contributed by atoms with E-state index in [1.165, 1.54) is 47.2 Å². The van der Waals surface area contributed by atoms with Gasteiger partial charge in [0.1, 0.15) is 5.82 Å². The van der Waals surface area contributed by atoms with Crippen LogP contribution in [0.4, 0.5) is 11.5 Å². The Bertz CT molecular complexity index is 760. The van der Waals surface area contributed by atoms with E-state index in [4.69, 9.17) is 4.98 Å². The first-order valence-electron chi connectivity index (χ1n) is 9.76. The van der Waals surface area contributed by atoms with Crippen LogP contribution >= 0.6 is 0 Å². The molecule has 1 aromatic carbocycles. The molecule has 0 bridgehead atoms. The van der Waals surface area contributed by atoms with Gasteiger partial charge in [-0.2, -0.15) is 0 Å². The van der Waals surface area contributed by atoms with Crippen molar-refractivity contribution in [1.29, 1.82) is 0 Å². The van der Waals surface area contributed by atoms with Crippen LogP contribution in [-0.4, -0.2) is 44.3 Å². The van der Waals surface area contributed by atoms with Crippen molar-refractivity contribution < 1.29 is 0 Å². The van der Waals surface area contributed by atoms with Gasteiger partial charge in [-0.3, -0.25) is 0 Å². The monoisotopic (exact) mass is 338 g/mol. The molecular formula is C21H30N4. The molecule has 2 fully saturated rings. The zero-order valence-electron chi connectivity index (χ0n) is 15.8. The standard InChI is InChI=1S/C21H30N4/c1-4-24(5-2)18-8-6-7-17-19(18)16(3)13-23-20(17)25-12-10-21(15-25)9-11-22-14-21/h6-8,13,22H,4-5,9-12,14-15H2,1-3H3. The van der Waals surface area contributed by atoms with Crippen LogP contribution in [0.25, 0.3) is 10.8 Å². The second-order valence-electron chi connectivity index (χ2n) is 7.74. The summed E-state index contributed by atoms with van der Waals surface area (Å²) in [4.78, 5) is 9.86. The van der Waals surface area contributed by atoms with Crippen molar-refractivity contribution in [1.82, 2.24) is 10.3 Å². The van der Waals surface area contributed by atoms with E-state index in [1.807, 2.05) is 0 Å². The zero-order chi connectivity index (χ0) is 17.4. The van der Waals surface area contributed by atoms with Gasteiger partial charge in [-0.25, -0.2) is 4.98 Å². The van der Waals surface area contributed by atoms with Crippen LogP contribution in [0.15, 0.2) is 24.4 Å². The summed E-state index contributed by atoms with van der Waals surface area (Å²) in [6.45, 7) is 13.3. The highest BCUT2D eigenvalue weighted by molar-refractivity contribution is 6.02. The molecule has 2 aliphatic heterocycles. The number of fused-ring (bicyclic) bond motifs is 1. The molecule has 1 unspecified atom stereocenters. The predicted octanol–water partition coefficient (Wildman–Crippen LogP) is 3.58. The molecule has 2 saturated heterocycles. The number of benzene rings is 1. The third kappa shape index (κ3) is 2.77. The molecule has 2 aliphatic rings. The number of hydrogen-bond acceptors (Lipinski definition) is 4. The third-order valence-corrected chi connectivity index (χ3v) is 6.23. The third-order valence-electron chi connectivity index (χ3n) is 6.23. The van der Waals surface area contributed by atoms with E-state index >= 15 is 0 Å². The van der Waals surface area contributed by atoms with Crippen LogP contribution in [-0.2, 0) is 0 Å². The van der Waals surface area contributed by atoms with Gasteiger partial charge in [-0.15, -0.1) is 0 Å². The van der Waals surface area contributed by atoms with E-state index in [0.29, 0.717) is 5.41 Å². The lowest BCUT2D eigenvalue weighted by Crippen LogP contribution is -2.29. The Labute approximate surface area is 151 Å². The molecule has 0 saturated carbocycles. The van der Waals surface area contributed by atoms with E-state index in [2.05, 4.69) is 60.3 Å². The maximum atomic E-state index is 4.88. The van der Waals surface area contributed by atoms with Crippen molar-refractivity contribution in [3.05, 3.63) is 30.0 Å². The molecule has 1 N–H and O–H groups in total. The van der Waals surface area contributed by atoms with Crippen molar-refractivity contribution in [3.63, 3.8) is 0 Å². The first-order valence-corrected chi connectivity index (χ1v) is 9.76. The zero-order valence-corrected chi connectivity index (χ0v) is 15.8. The fourth-order valence-corrected chi connectivity index (χ4v) is 4.77. The summed E-state index contributed by atoms with van der Waals surface area (Å²) in [6.07, 6.45) is 4.66. The Hall–Kier alpha value is -1.81. The fourth-order valence-electron chi connectivity index (χ4n) is 4.77. The lowest BCUT2D eigenvalue weighted by Gasteiger charge is -2.27. The molecule has 2 aromatic rings. The van der Waals surface area contributed by atoms with Crippen molar-refractivity contribution >= 4 is 22.3 Å². The van der Waals surface area contributed by atoms with Gasteiger partial charge in [0.15, 0.2) is 0 Å². The summed E-state index contributed by atoms with van der Waals surface area (Å²) >= 11 is 0. The quantitative estimate of drug-likeness (QED) is 0.923. The van der Waals surface area contributed by atoms with Gasteiger partial charge in [0.2, 0.25) is 0 Å². The fraction of sp³-hybridized carbons (Fsp3) is 0.571. The minimum atomic E-state index is 0.468. The van der Waals surface area contributed by atoms with Gasteiger partial charge in [0, 0.05) is 60.8 Å². The first-order chi connectivity index (χ1) is 12.2. The van der Waals surface area contributed by atoms with Crippen LogP contribution in [0, 0.1) is 12.3 Å². The Morgan fingerprint density at radius 1 is 1.24 bits per heavy atom. The van der Waals surface area contributed by atoms with Gasteiger partial charge in [0.25, 0.3) is 0 Å². The van der Waals surface area contributed by atoms with E-state index in [-0.39, 0.29) is 0 Å². The highest BCUT2D eigenvalue weighted by Crippen LogP contribution is 2.41. The number of nitrogens with one attached hydrogen (secondary N) is 1. The van der Waals surface area contributed by atoms with Crippen molar-refractivity contribution in [2.45, 2.75) is 33.6 Å². The molecule has 1 spiro atoms. The van der Waals surface area contributed by atoms with E-state index in [0.717, 1.165) is 32.7 Å². The average molecular weight is 338 g/mol. The van der Waals surface area contributed by atoms with Gasteiger partial charge < -0.3 is 15.1 Å². The summed E-state index contributed by atoms with van der Waals surface area (Å²) in [5, 5.41) is 6.25. The van der Waals surface area contributed by atoms with Crippen molar-refractivity contribution in [3.8, 4) is 0 Å². The molecule has 3 heterocycles. The molecule has 0 amide bonds. The lowest BCUT2D eigenvalue weighted by molar-refractivity contribution is 0.369. The molecule has 1 aromatic heterocycles. The SMILES string of the molecule is CCN(CC)c1cccc2c(N3CCC4(CCNC4)C3)ncc(C)c12. The summed E-state index contributed by atoms with van der Waals surface area (Å²) < 4.78 is 0. The number of rotatable bonds is 4. The molecule has 25 heavy (non-hydrogen) atoms. The predicted molar refractivity (Wildman–Crippen MR) is 107 cm³/mol. The highest BCUT2D eigenvalue weighted by Gasteiger charge is 2.41. The minimum Gasteiger partial charge on any atom is -0.372 e. The Balaban J connectivity index is 1.78. The van der Waals surface area contributed by atoms with Gasteiger partial charge >= 0.3 is 0 Å². The van der Waals surface area contributed by atoms with E-state index in [1.54, 1.807) is 0 Å². The summed E-state index contributed by atoms with van der Waals surface area (Å²) in [6, 6.07) is 6.72.